The third kappa shape index (κ3) is 4.16. The van der Waals surface area contributed by atoms with Gasteiger partial charge in [-0.1, -0.05) is 94.7 Å². The summed E-state index contributed by atoms with van der Waals surface area (Å²) in [6, 6.07) is 26.1. The number of hydrogen-bond donors (Lipinski definition) is 0. The molecular weight excluding hydrogens is 466 g/mol. The van der Waals surface area contributed by atoms with Crippen LogP contribution in [0.5, 0.6) is 0 Å². The van der Waals surface area contributed by atoms with E-state index < -0.39 is 0 Å². The second-order valence-electron chi connectivity index (χ2n) is 8.89. The fourth-order valence-electron chi connectivity index (χ4n) is 4.79. The van der Waals surface area contributed by atoms with Crippen molar-refractivity contribution in [3.05, 3.63) is 118 Å². The summed E-state index contributed by atoms with van der Waals surface area (Å²) in [5, 5.41) is 1.29. The largest absolute Gasteiger partial charge is 0.313 e. The van der Waals surface area contributed by atoms with Crippen LogP contribution < -0.4 is 0 Å². The highest BCUT2D eigenvalue weighted by atomic mass is 79.9. The molecule has 2 heteroatoms. The molecule has 164 valence electrons. The van der Waals surface area contributed by atoms with E-state index in [9.17, 15) is 0 Å². The zero-order chi connectivity index (χ0) is 22.9. The fraction of sp³-hybridized carbons (Fsp3) is 0.161. The molecule has 0 amide bonds. The molecule has 4 aromatic rings. The molecular formula is C31H28BrN. The van der Waals surface area contributed by atoms with Gasteiger partial charge in [-0.3, -0.25) is 0 Å². The number of hydrogen-bond acceptors (Lipinski definition) is 0. The van der Waals surface area contributed by atoms with Crippen molar-refractivity contribution < 1.29 is 0 Å². The van der Waals surface area contributed by atoms with Gasteiger partial charge in [0.25, 0.3) is 0 Å². The molecule has 33 heavy (non-hydrogen) atoms. The molecule has 0 saturated carbocycles. The third-order valence-electron chi connectivity index (χ3n) is 6.86. The molecule has 1 heterocycles. The van der Waals surface area contributed by atoms with Crippen LogP contribution in [-0.4, -0.2) is 4.57 Å². The quantitative estimate of drug-likeness (QED) is 0.261. The van der Waals surface area contributed by atoms with Gasteiger partial charge in [0.1, 0.15) is 0 Å². The molecule has 1 aliphatic carbocycles. The predicted octanol–water partition coefficient (Wildman–Crippen LogP) is 9.29. The monoisotopic (exact) mass is 493 g/mol. The Bertz CT molecular complexity index is 1400. The van der Waals surface area contributed by atoms with Gasteiger partial charge in [0.2, 0.25) is 0 Å². The molecule has 0 spiro atoms. The molecule has 1 atom stereocenters. The number of halogens is 1. The van der Waals surface area contributed by atoms with Gasteiger partial charge in [-0.25, -0.2) is 0 Å². The SMILES string of the molecule is C/C(=C/c1c(C)n(-c2ccc(Br)cc2)c2ccc(-c3ccccc3)cc12)C(C)C1=CC=CC1. The highest BCUT2D eigenvalue weighted by Gasteiger charge is 2.17. The molecule has 3 aromatic carbocycles. The molecule has 5 rings (SSSR count). The van der Waals surface area contributed by atoms with Crippen LogP contribution in [0.25, 0.3) is 33.8 Å². The van der Waals surface area contributed by atoms with E-state index in [1.54, 1.807) is 0 Å². The van der Waals surface area contributed by atoms with Gasteiger partial charge in [-0.05, 0) is 73.7 Å². The van der Waals surface area contributed by atoms with Gasteiger partial charge in [0, 0.05) is 26.8 Å². The molecule has 1 aromatic heterocycles. The number of fused-ring (bicyclic) bond motifs is 1. The molecule has 0 fully saturated rings. The van der Waals surface area contributed by atoms with E-state index in [4.69, 9.17) is 0 Å². The van der Waals surface area contributed by atoms with Crippen molar-refractivity contribution in [3.63, 3.8) is 0 Å². The van der Waals surface area contributed by atoms with E-state index in [-0.39, 0.29) is 0 Å². The Balaban J connectivity index is 1.71. The standard InChI is InChI=1S/C31H28BrN/c1-21(22(2)24-9-7-8-10-24)19-29-23(3)33(28-16-14-27(32)15-17-28)31-18-13-26(20-30(29)31)25-11-5-4-6-12-25/h4-9,11-20,22H,10H2,1-3H3/b21-19-. The first-order valence-corrected chi connectivity index (χ1v) is 12.3. The van der Waals surface area contributed by atoms with Gasteiger partial charge in [0.15, 0.2) is 0 Å². The Morgan fingerprint density at radius 3 is 2.42 bits per heavy atom. The van der Waals surface area contributed by atoms with Gasteiger partial charge in [-0.2, -0.15) is 0 Å². The van der Waals surface area contributed by atoms with Crippen LogP contribution in [0.1, 0.15) is 31.5 Å². The van der Waals surface area contributed by atoms with Crippen molar-refractivity contribution in [1.82, 2.24) is 4.57 Å². The Kier molecular flexibility index (Phi) is 5.95. The summed E-state index contributed by atoms with van der Waals surface area (Å²) in [5.74, 6) is 0.433. The van der Waals surface area contributed by atoms with E-state index in [0.717, 1.165) is 10.9 Å². The van der Waals surface area contributed by atoms with Crippen LogP contribution in [0.3, 0.4) is 0 Å². The Labute approximate surface area is 204 Å². The van der Waals surface area contributed by atoms with E-state index >= 15 is 0 Å². The summed E-state index contributed by atoms with van der Waals surface area (Å²) in [7, 11) is 0. The maximum atomic E-state index is 3.58. The lowest BCUT2D eigenvalue weighted by molar-refractivity contribution is 0.789. The van der Waals surface area contributed by atoms with Crippen LogP contribution in [0.4, 0.5) is 0 Å². The number of benzene rings is 3. The van der Waals surface area contributed by atoms with Gasteiger partial charge >= 0.3 is 0 Å². The van der Waals surface area contributed by atoms with Gasteiger partial charge in [0.05, 0.1) is 5.52 Å². The number of rotatable bonds is 5. The first-order chi connectivity index (χ1) is 16.0. The van der Waals surface area contributed by atoms with Crippen molar-refractivity contribution in [1.29, 1.82) is 0 Å². The maximum absolute atomic E-state index is 3.58. The maximum Gasteiger partial charge on any atom is 0.0538 e. The predicted molar refractivity (Wildman–Crippen MR) is 146 cm³/mol. The molecule has 1 unspecified atom stereocenters. The summed E-state index contributed by atoms with van der Waals surface area (Å²) in [6.45, 7) is 6.83. The third-order valence-corrected chi connectivity index (χ3v) is 7.38. The summed E-state index contributed by atoms with van der Waals surface area (Å²) in [4.78, 5) is 0. The van der Waals surface area contributed by atoms with Crippen LogP contribution in [0.2, 0.25) is 0 Å². The smallest absolute Gasteiger partial charge is 0.0538 e. The van der Waals surface area contributed by atoms with Gasteiger partial charge < -0.3 is 4.57 Å². The Morgan fingerprint density at radius 2 is 1.73 bits per heavy atom. The highest BCUT2D eigenvalue weighted by Crippen LogP contribution is 2.36. The van der Waals surface area contributed by atoms with E-state index in [1.807, 2.05) is 0 Å². The molecule has 1 nitrogen and oxygen atoms in total. The van der Waals surface area contributed by atoms with Crippen LogP contribution >= 0.6 is 15.9 Å². The molecule has 0 N–H and O–H groups in total. The average molecular weight is 494 g/mol. The molecule has 0 aliphatic heterocycles. The summed E-state index contributed by atoms with van der Waals surface area (Å²) < 4.78 is 3.48. The summed E-state index contributed by atoms with van der Waals surface area (Å²) >= 11 is 3.58. The van der Waals surface area contributed by atoms with Crippen LogP contribution in [0.15, 0.2) is 107 Å². The molecule has 0 bridgehead atoms. The summed E-state index contributed by atoms with van der Waals surface area (Å²) in [5.41, 5.74) is 10.4. The number of aromatic nitrogens is 1. The fourth-order valence-corrected chi connectivity index (χ4v) is 5.05. The van der Waals surface area contributed by atoms with Crippen LogP contribution in [0, 0.1) is 12.8 Å². The molecule has 0 saturated heterocycles. The topological polar surface area (TPSA) is 4.93 Å². The highest BCUT2D eigenvalue weighted by molar-refractivity contribution is 9.10. The van der Waals surface area contributed by atoms with E-state index in [0.29, 0.717) is 5.92 Å². The minimum Gasteiger partial charge on any atom is -0.313 e. The lowest BCUT2D eigenvalue weighted by Gasteiger charge is -2.14. The molecule has 1 aliphatic rings. The van der Waals surface area contributed by atoms with Crippen LogP contribution in [-0.2, 0) is 0 Å². The minimum absolute atomic E-state index is 0.433. The second kappa shape index (κ2) is 9.03. The first kappa shape index (κ1) is 21.7. The lowest BCUT2D eigenvalue weighted by atomic mass is 9.91. The molecule has 0 radical (unpaired) electrons. The Morgan fingerprint density at radius 1 is 0.970 bits per heavy atom. The second-order valence-corrected chi connectivity index (χ2v) is 9.81. The Hall–Kier alpha value is -3.10. The van der Waals surface area contributed by atoms with Gasteiger partial charge in [-0.15, -0.1) is 0 Å². The first-order valence-electron chi connectivity index (χ1n) is 11.5. The van der Waals surface area contributed by atoms with Crippen molar-refractivity contribution >= 4 is 32.9 Å². The zero-order valence-electron chi connectivity index (χ0n) is 19.3. The van der Waals surface area contributed by atoms with Crippen molar-refractivity contribution in [3.8, 4) is 16.8 Å². The van der Waals surface area contributed by atoms with E-state index in [1.165, 1.54) is 50.1 Å². The zero-order valence-corrected chi connectivity index (χ0v) is 20.9. The normalized spacial score (nSPS) is 14.7. The van der Waals surface area contributed by atoms with Crippen molar-refractivity contribution in [2.45, 2.75) is 27.2 Å². The lowest BCUT2D eigenvalue weighted by Crippen LogP contribution is -2.00. The number of nitrogens with zero attached hydrogens (tertiary/aromatic N) is 1. The number of allylic oxidation sites excluding steroid dienone is 5. The average Bonchev–Trinajstić information content (AvgIpc) is 3.47. The minimum atomic E-state index is 0.433. The van der Waals surface area contributed by atoms with E-state index in [2.05, 4.69) is 138 Å². The van der Waals surface area contributed by atoms with Crippen molar-refractivity contribution in [2.75, 3.05) is 0 Å². The summed E-state index contributed by atoms with van der Waals surface area (Å²) in [6.07, 6.45) is 10.2. The van der Waals surface area contributed by atoms with Crippen molar-refractivity contribution in [2.24, 2.45) is 5.92 Å².